The van der Waals surface area contributed by atoms with Gasteiger partial charge in [0.25, 0.3) is 0 Å². The third-order valence-electron chi connectivity index (χ3n) is 1.97. The first-order valence-electron chi connectivity index (χ1n) is 3.49. The van der Waals surface area contributed by atoms with Crippen molar-refractivity contribution in [3.63, 3.8) is 0 Å². The maximum Gasteiger partial charge on any atom is 0.00965 e. The van der Waals surface area contributed by atoms with Gasteiger partial charge in [0.1, 0.15) is 0 Å². The van der Waals surface area contributed by atoms with Crippen molar-refractivity contribution >= 4 is 0 Å². The van der Waals surface area contributed by atoms with Gasteiger partial charge in [0.15, 0.2) is 0 Å². The Morgan fingerprint density at radius 2 is 1.40 bits per heavy atom. The van der Waals surface area contributed by atoms with Gasteiger partial charge in [-0.15, -0.1) is 0 Å². The molecule has 0 nitrogen and oxygen atoms in total. The summed E-state index contributed by atoms with van der Waals surface area (Å²) >= 11 is 0. The summed E-state index contributed by atoms with van der Waals surface area (Å²) in [5.74, 6) is 0.836. The maximum atomic E-state index is 7.43. The van der Waals surface area contributed by atoms with E-state index < -0.39 is 0 Å². The molecule has 48 valence electrons. The zero-order valence-corrected chi connectivity index (χ0v) is 5.62. The molecule has 2 atom stereocenters. The quantitative estimate of drug-likeness (QED) is 0.469. The van der Waals surface area contributed by atoms with Gasteiger partial charge >= 0.3 is 0 Å². The molecule has 0 aromatic rings. The smallest absolute Gasteiger partial charge is 0.00965 e. The Labute approximate surface area is 61.3 Å². The van der Waals surface area contributed by atoms with Crippen LogP contribution in [0.3, 0.4) is 0 Å². The molecular weight excluding hydrogens is 120 g/mol. The molecule has 0 heterocycles. The molecule has 0 amide bonds. The molecular formula is C10H8. The SMILES string of the molecule is [C]=C1[C@H]2/C=C\C=C/C=C[C@@H]12. The van der Waals surface area contributed by atoms with Crippen LogP contribution < -0.4 is 0 Å². The van der Waals surface area contributed by atoms with Crippen LogP contribution in [0.1, 0.15) is 0 Å². The van der Waals surface area contributed by atoms with E-state index in [1.165, 1.54) is 0 Å². The van der Waals surface area contributed by atoms with Crippen LogP contribution in [0.5, 0.6) is 0 Å². The van der Waals surface area contributed by atoms with Crippen LogP contribution in [-0.2, 0) is 0 Å². The topological polar surface area (TPSA) is 0 Å². The van der Waals surface area contributed by atoms with Crippen LogP contribution in [0.25, 0.3) is 0 Å². The van der Waals surface area contributed by atoms with Gasteiger partial charge in [0.2, 0.25) is 0 Å². The van der Waals surface area contributed by atoms with Gasteiger partial charge < -0.3 is 0 Å². The molecule has 2 aliphatic rings. The van der Waals surface area contributed by atoms with Crippen LogP contribution in [0.15, 0.2) is 42.0 Å². The van der Waals surface area contributed by atoms with Crippen LogP contribution in [-0.4, -0.2) is 0 Å². The summed E-state index contributed by atoms with van der Waals surface area (Å²) in [6.07, 6.45) is 12.2. The van der Waals surface area contributed by atoms with Crippen molar-refractivity contribution in [1.82, 2.24) is 0 Å². The minimum absolute atomic E-state index is 0.418. The second-order valence-electron chi connectivity index (χ2n) is 2.66. The number of fused-ring (bicyclic) bond motifs is 1. The lowest BCUT2D eigenvalue weighted by Crippen LogP contribution is -1.72. The lowest BCUT2D eigenvalue weighted by Gasteiger charge is -1.84. The largest absolute Gasteiger partial charge is 0.0764 e. The van der Waals surface area contributed by atoms with E-state index in [0.717, 1.165) is 5.57 Å². The summed E-state index contributed by atoms with van der Waals surface area (Å²) in [4.78, 5) is 0. The van der Waals surface area contributed by atoms with Crippen molar-refractivity contribution in [3.05, 3.63) is 48.6 Å². The summed E-state index contributed by atoms with van der Waals surface area (Å²) in [6.45, 7) is 7.43. The second kappa shape index (κ2) is 1.98. The molecule has 2 aliphatic carbocycles. The highest BCUT2D eigenvalue weighted by Gasteiger charge is 2.38. The second-order valence-corrected chi connectivity index (χ2v) is 2.66. The van der Waals surface area contributed by atoms with E-state index in [0.29, 0.717) is 11.8 Å². The first kappa shape index (κ1) is 5.72. The van der Waals surface area contributed by atoms with Crippen LogP contribution >= 0.6 is 0 Å². The van der Waals surface area contributed by atoms with E-state index in [2.05, 4.69) is 12.2 Å². The summed E-state index contributed by atoms with van der Waals surface area (Å²) in [7, 11) is 0. The van der Waals surface area contributed by atoms with Gasteiger partial charge in [0, 0.05) is 11.8 Å². The molecule has 0 heteroatoms. The molecule has 0 aromatic carbocycles. The van der Waals surface area contributed by atoms with E-state index in [4.69, 9.17) is 6.58 Å². The Morgan fingerprint density at radius 3 is 1.90 bits per heavy atom. The Hall–Kier alpha value is -1.04. The standard InChI is InChI=1S/C10H8/c1-8-9-6-4-2-3-5-7-10(8)9/h2-7,9-10H/b3-2-,6-4-,7-5?/t9-,10+/m1/s1. The highest BCUT2D eigenvalue weighted by Crippen LogP contribution is 2.46. The maximum absolute atomic E-state index is 7.43. The summed E-state index contributed by atoms with van der Waals surface area (Å²) < 4.78 is 0. The van der Waals surface area contributed by atoms with Crippen molar-refractivity contribution in [2.45, 2.75) is 0 Å². The van der Waals surface area contributed by atoms with Crippen molar-refractivity contribution in [1.29, 1.82) is 0 Å². The van der Waals surface area contributed by atoms with Crippen molar-refractivity contribution in [2.75, 3.05) is 0 Å². The minimum atomic E-state index is 0.418. The summed E-state index contributed by atoms with van der Waals surface area (Å²) in [5, 5.41) is 0. The van der Waals surface area contributed by atoms with E-state index in [9.17, 15) is 0 Å². The fraction of sp³-hybridized carbons (Fsp3) is 0.200. The van der Waals surface area contributed by atoms with E-state index in [-0.39, 0.29) is 0 Å². The van der Waals surface area contributed by atoms with Crippen molar-refractivity contribution in [2.24, 2.45) is 11.8 Å². The number of hydrogen-bond donors (Lipinski definition) is 0. The molecule has 0 saturated heterocycles. The molecule has 0 spiro atoms. The molecule has 1 fully saturated rings. The Morgan fingerprint density at radius 1 is 0.900 bits per heavy atom. The van der Waals surface area contributed by atoms with Gasteiger partial charge in [0.05, 0.1) is 0 Å². The van der Waals surface area contributed by atoms with E-state index in [1.807, 2.05) is 24.3 Å². The molecule has 10 heavy (non-hydrogen) atoms. The van der Waals surface area contributed by atoms with E-state index in [1.54, 1.807) is 0 Å². The van der Waals surface area contributed by atoms with Gasteiger partial charge in [-0.05, 0) is 12.2 Å². The average Bonchev–Trinajstić information content (AvgIpc) is 2.39. The fourth-order valence-corrected chi connectivity index (χ4v) is 1.25. The molecule has 1 saturated carbocycles. The van der Waals surface area contributed by atoms with Crippen LogP contribution in [0, 0.1) is 18.4 Å². The number of rotatable bonds is 0. The van der Waals surface area contributed by atoms with E-state index >= 15 is 0 Å². The lowest BCUT2D eigenvalue weighted by atomic mass is 10.2. The Balaban J connectivity index is 2.27. The number of hydrogen-bond acceptors (Lipinski definition) is 0. The van der Waals surface area contributed by atoms with Gasteiger partial charge in [-0.25, -0.2) is 0 Å². The number of allylic oxidation sites excluding steroid dienone is 7. The molecule has 0 aliphatic heterocycles. The first-order valence-corrected chi connectivity index (χ1v) is 3.49. The normalized spacial score (nSPS) is 41.4. The fourth-order valence-electron chi connectivity index (χ4n) is 1.25. The molecule has 0 aromatic heterocycles. The third kappa shape index (κ3) is 0.766. The molecule has 2 rings (SSSR count). The lowest BCUT2D eigenvalue weighted by molar-refractivity contribution is 0.993. The van der Waals surface area contributed by atoms with Gasteiger partial charge in [-0.1, -0.05) is 36.5 Å². The molecule has 0 N–H and O–H groups in total. The first-order chi connectivity index (χ1) is 4.89. The van der Waals surface area contributed by atoms with Gasteiger partial charge in [-0.2, -0.15) is 0 Å². The minimum Gasteiger partial charge on any atom is -0.0764 e. The Bertz CT molecular complexity index is 217. The highest BCUT2D eigenvalue weighted by atomic mass is 14.4. The zero-order chi connectivity index (χ0) is 6.97. The van der Waals surface area contributed by atoms with Crippen molar-refractivity contribution in [3.8, 4) is 0 Å². The highest BCUT2D eigenvalue weighted by molar-refractivity contribution is 5.39. The predicted molar refractivity (Wildman–Crippen MR) is 41.2 cm³/mol. The van der Waals surface area contributed by atoms with Gasteiger partial charge in [-0.3, -0.25) is 0 Å². The zero-order valence-electron chi connectivity index (χ0n) is 5.62. The Kier molecular flexibility index (Phi) is 1.13. The molecule has 2 radical (unpaired) electrons. The van der Waals surface area contributed by atoms with Crippen molar-refractivity contribution < 1.29 is 0 Å². The summed E-state index contributed by atoms with van der Waals surface area (Å²) in [6, 6.07) is 0. The van der Waals surface area contributed by atoms with Crippen LogP contribution in [0.4, 0.5) is 0 Å². The third-order valence-corrected chi connectivity index (χ3v) is 1.97. The average molecular weight is 128 g/mol. The molecule has 0 unspecified atom stereocenters. The summed E-state index contributed by atoms with van der Waals surface area (Å²) in [5.41, 5.74) is 0.858. The predicted octanol–water partition coefficient (Wildman–Crippen LogP) is 2.15. The molecule has 0 bridgehead atoms. The monoisotopic (exact) mass is 128 g/mol. The van der Waals surface area contributed by atoms with Crippen LogP contribution in [0.2, 0.25) is 0 Å².